The number of nitriles is 1. The fraction of sp³-hybridized carbons (Fsp3) is 0.909. The van der Waals surface area contributed by atoms with E-state index in [0.29, 0.717) is 12.0 Å². The quantitative estimate of drug-likeness (QED) is 0.708. The van der Waals surface area contributed by atoms with Gasteiger partial charge in [-0.2, -0.15) is 5.26 Å². The average molecular weight is 180 g/mol. The minimum absolute atomic E-state index is 0.244. The molecule has 0 saturated heterocycles. The Morgan fingerprint density at radius 3 is 2.62 bits per heavy atom. The van der Waals surface area contributed by atoms with Gasteiger partial charge < -0.3 is 0 Å². The molecule has 74 valence electrons. The molecule has 1 N–H and O–H groups in total. The fourth-order valence-electron chi connectivity index (χ4n) is 2.28. The lowest BCUT2D eigenvalue weighted by Crippen LogP contribution is -2.53. The number of hydrogen-bond donors (Lipinski definition) is 1. The van der Waals surface area contributed by atoms with E-state index in [0.717, 1.165) is 6.42 Å². The highest BCUT2D eigenvalue weighted by atomic mass is 15.0. The van der Waals surface area contributed by atoms with Crippen molar-refractivity contribution in [2.24, 2.45) is 5.92 Å². The number of nitrogens with one attached hydrogen (secondary N) is 1. The molecule has 1 aliphatic rings. The monoisotopic (exact) mass is 180 g/mol. The summed E-state index contributed by atoms with van der Waals surface area (Å²) in [5.74, 6) is 0.494. The predicted molar refractivity (Wildman–Crippen MR) is 54.2 cm³/mol. The van der Waals surface area contributed by atoms with Gasteiger partial charge in [0, 0.05) is 6.04 Å². The van der Waals surface area contributed by atoms with Crippen molar-refractivity contribution in [2.75, 3.05) is 0 Å². The van der Waals surface area contributed by atoms with Gasteiger partial charge in [-0.3, -0.25) is 5.32 Å². The molecular weight excluding hydrogens is 160 g/mol. The SMILES string of the molecule is CC(C)NC1(C#N)CCCCC1C. The smallest absolute Gasteiger partial charge is 0.109 e. The van der Waals surface area contributed by atoms with Gasteiger partial charge in [-0.1, -0.05) is 19.8 Å². The van der Waals surface area contributed by atoms with E-state index in [-0.39, 0.29) is 5.54 Å². The minimum atomic E-state index is -0.244. The summed E-state index contributed by atoms with van der Waals surface area (Å²) in [4.78, 5) is 0. The molecule has 0 aromatic heterocycles. The van der Waals surface area contributed by atoms with Crippen molar-refractivity contribution in [3.05, 3.63) is 0 Å². The van der Waals surface area contributed by atoms with Gasteiger partial charge >= 0.3 is 0 Å². The molecule has 2 heteroatoms. The fourth-order valence-corrected chi connectivity index (χ4v) is 2.28. The maximum Gasteiger partial charge on any atom is 0.109 e. The first-order valence-electron chi connectivity index (χ1n) is 5.29. The molecule has 1 saturated carbocycles. The lowest BCUT2D eigenvalue weighted by Gasteiger charge is -2.39. The topological polar surface area (TPSA) is 35.8 Å². The third kappa shape index (κ3) is 2.22. The first-order chi connectivity index (χ1) is 6.10. The summed E-state index contributed by atoms with van der Waals surface area (Å²) < 4.78 is 0. The highest BCUT2D eigenvalue weighted by Crippen LogP contribution is 2.33. The summed E-state index contributed by atoms with van der Waals surface area (Å²) in [6, 6.07) is 2.89. The van der Waals surface area contributed by atoms with Crippen LogP contribution in [0, 0.1) is 17.2 Å². The summed E-state index contributed by atoms with van der Waals surface area (Å²) in [5, 5.41) is 12.7. The van der Waals surface area contributed by atoms with Crippen LogP contribution in [-0.4, -0.2) is 11.6 Å². The molecule has 1 fully saturated rings. The third-order valence-electron chi connectivity index (χ3n) is 3.05. The molecule has 0 spiro atoms. The van der Waals surface area contributed by atoms with Crippen LogP contribution in [0.4, 0.5) is 0 Å². The van der Waals surface area contributed by atoms with Crippen molar-refractivity contribution in [2.45, 2.75) is 58.0 Å². The van der Waals surface area contributed by atoms with Gasteiger partial charge in [0.25, 0.3) is 0 Å². The standard InChI is InChI=1S/C11H20N2/c1-9(2)13-11(8-12)7-5-4-6-10(11)3/h9-10,13H,4-7H2,1-3H3. The Kier molecular flexibility index (Phi) is 3.33. The van der Waals surface area contributed by atoms with Crippen molar-refractivity contribution in [3.8, 4) is 6.07 Å². The van der Waals surface area contributed by atoms with Crippen LogP contribution in [0.5, 0.6) is 0 Å². The van der Waals surface area contributed by atoms with E-state index in [2.05, 4.69) is 32.2 Å². The normalized spacial score (nSPS) is 34.5. The Labute approximate surface area is 81.3 Å². The molecule has 1 aliphatic carbocycles. The number of hydrogen-bond acceptors (Lipinski definition) is 2. The first kappa shape index (κ1) is 10.5. The number of nitrogens with zero attached hydrogens (tertiary/aromatic N) is 1. The second-order valence-corrected chi connectivity index (χ2v) is 4.53. The van der Waals surface area contributed by atoms with Crippen LogP contribution in [0.3, 0.4) is 0 Å². The first-order valence-corrected chi connectivity index (χ1v) is 5.29. The molecule has 0 aromatic carbocycles. The molecule has 13 heavy (non-hydrogen) atoms. The second-order valence-electron chi connectivity index (χ2n) is 4.53. The van der Waals surface area contributed by atoms with Crippen molar-refractivity contribution >= 4 is 0 Å². The van der Waals surface area contributed by atoms with Crippen LogP contribution in [0.1, 0.15) is 46.5 Å². The zero-order valence-electron chi connectivity index (χ0n) is 8.93. The molecule has 2 atom stereocenters. The summed E-state index contributed by atoms with van der Waals surface area (Å²) >= 11 is 0. The van der Waals surface area contributed by atoms with Gasteiger partial charge in [0.2, 0.25) is 0 Å². The Balaban J connectivity index is 2.72. The van der Waals surface area contributed by atoms with E-state index in [1.807, 2.05) is 0 Å². The van der Waals surface area contributed by atoms with E-state index in [1.165, 1.54) is 19.3 Å². The summed E-state index contributed by atoms with van der Waals surface area (Å²) in [6.45, 7) is 6.42. The Bertz CT molecular complexity index is 205. The zero-order valence-corrected chi connectivity index (χ0v) is 8.93. The van der Waals surface area contributed by atoms with Crippen LogP contribution < -0.4 is 5.32 Å². The summed E-state index contributed by atoms with van der Waals surface area (Å²) in [7, 11) is 0. The maximum atomic E-state index is 9.25. The van der Waals surface area contributed by atoms with E-state index in [1.54, 1.807) is 0 Å². The minimum Gasteiger partial charge on any atom is -0.297 e. The molecule has 0 radical (unpaired) electrons. The van der Waals surface area contributed by atoms with Crippen LogP contribution >= 0.6 is 0 Å². The van der Waals surface area contributed by atoms with Gasteiger partial charge in [0.1, 0.15) is 5.54 Å². The molecule has 0 bridgehead atoms. The van der Waals surface area contributed by atoms with Gasteiger partial charge in [-0.25, -0.2) is 0 Å². The largest absolute Gasteiger partial charge is 0.297 e. The van der Waals surface area contributed by atoms with Gasteiger partial charge in [0.05, 0.1) is 6.07 Å². The third-order valence-corrected chi connectivity index (χ3v) is 3.05. The van der Waals surface area contributed by atoms with Gasteiger partial charge in [0.15, 0.2) is 0 Å². The predicted octanol–water partition coefficient (Wildman–Crippen LogP) is 2.46. The molecule has 0 amide bonds. The number of rotatable bonds is 2. The van der Waals surface area contributed by atoms with Crippen molar-refractivity contribution in [3.63, 3.8) is 0 Å². The van der Waals surface area contributed by atoms with Crippen LogP contribution in [0.2, 0.25) is 0 Å². The van der Waals surface area contributed by atoms with E-state index >= 15 is 0 Å². The maximum absolute atomic E-state index is 9.25. The molecule has 1 rings (SSSR count). The molecule has 0 aliphatic heterocycles. The van der Waals surface area contributed by atoms with Crippen molar-refractivity contribution in [1.29, 1.82) is 5.26 Å². The Morgan fingerprint density at radius 1 is 1.46 bits per heavy atom. The second kappa shape index (κ2) is 4.11. The Hall–Kier alpha value is -0.550. The molecule has 2 nitrogen and oxygen atoms in total. The van der Waals surface area contributed by atoms with Crippen molar-refractivity contribution < 1.29 is 0 Å². The summed E-state index contributed by atoms with van der Waals surface area (Å²) in [5.41, 5.74) is -0.244. The van der Waals surface area contributed by atoms with E-state index < -0.39 is 0 Å². The summed E-state index contributed by atoms with van der Waals surface area (Å²) in [6.07, 6.45) is 4.68. The van der Waals surface area contributed by atoms with Crippen LogP contribution in [-0.2, 0) is 0 Å². The van der Waals surface area contributed by atoms with Crippen LogP contribution in [0.15, 0.2) is 0 Å². The van der Waals surface area contributed by atoms with Crippen LogP contribution in [0.25, 0.3) is 0 Å². The molecular formula is C11H20N2. The Morgan fingerprint density at radius 2 is 2.15 bits per heavy atom. The molecule has 2 unspecified atom stereocenters. The van der Waals surface area contributed by atoms with Crippen molar-refractivity contribution in [1.82, 2.24) is 5.32 Å². The van der Waals surface area contributed by atoms with E-state index in [9.17, 15) is 5.26 Å². The highest BCUT2D eigenvalue weighted by Gasteiger charge is 2.38. The molecule has 0 heterocycles. The van der Waals surface area contributed by atoms with Gasteiger partial charge in [-0.05, 0) is 32.6 Å². The van der Waals surface area contributed by atoms with Gasteiger partial charge in [-0.15, -0.1) is 0 Å². The lowest BCUT2D eigenvalue weighted by molar-refractivity contribution is 0.199. The van der Waals surface area contributed by atoms with E-state index in [4.69, 9.17) is 0 Å². The lowest BCUT2D eigenvalue weighted by atomic mass is 9.74. The molecule has 0 aromatic rings. The average Bonchev–Trinajstić information content (AvgIpc) is 2.08. The highest BCUT2D eigenvalue weighted by molar-refractivity contribution is 5.11. The zero-order chi connectivity index (χ0) is 9.90.